The van der Waals surface area contributed by atoms with Crippen LogP contribution in [-0.2, 0) is 9.59 Å². The molecule has 0 aliphatic carbocycles. The second-order valence-corrected chi connectivity index (χ2v) is 8.00. The number of ketones is 1. The van der Waals surface area contributed by atoms with Crippen molar-refractivity contribution in [3.8, 4) is 5.75 Å². The van der Waals surface area contributed by atoms with E-state index in [-0.39, 0.29) is 30.7 Å². The molecule has 0 spiro atoms. The fourth-order valence-corrected chi connectivity index (χ4v) is 3.52. The molecule has 0 saturated carbocycles. The molecular weight excluding hydrogens is 443 g/mol. The van der Waals surface area contributed by atoms with E-state index in [9.17, 15) is 18.8 Å². The monoisotopic (exact) mass is 466 g/mol. The molecule has 0 aliphatic rings. The molecule has 0 heterocycles. The second kappa shape index (κ2) is 11.3. The highest BCUT2D eigenvalue weighted by Gasteiger charge is 2.15. The van der Waals surface area contributed by atoms with Crippen molar-refractivity contribution < 1.29 is 23.5 Å². The van der Waals surface area contributed by atoms with E-state index in [4.69, 9.17) is 4.74 Å². The number of hydrogen-bond donors (Lipinski definition) is 1. The smallest absolute Gasteiger partial charge is 0.260 e. The molecular formula is C25H23FN2O4S. The fraction of sp³-hybridized carbons (Fsp3) is 0.160. The number of anilines is 1. The number of rotatable bonds is 9. The summed E-state index contributed by atoms with van der Waals surface area (Å²) in [5.74, 6) is -0.921. The van der Waals surface area contributed by atoms with Gasteiger partial charge in [0.05, 0.1) is 12.2 Å². The largest absolute Gasteiger partial charge is 0.484 e. The van der Waals surface area contributed by atoms with Crippen LogP contribution >= 0.6 is 11.8 Å². The predicted molar refractivity (Wildman–Crippen MR) is 126 cm³/mol. The Hall–Kier alpha value is -3.65. The van der Waals surface area contributed by atoms with Gasteiger partial charge in [-0.15, -0.1) is 11.8 Å². The van der Waals surface area contributed by atoms with E-state index in [1.165, 1.54) is 48.0 Å². The quantitative estimate of drug-likeness (QED) is 0.377. The summed E-state index contributed by atoms with van der Waals surface area (Å²) in [5, 5.41) is 2.81. The van der Waals surface area contributed by atoms with Gasteiger partial charge in [0, 0.05) is 23.1 Å². The molecule has 0 saturated heterocycles. The molecule has 0 aliphatic heterocycles. The molecule has 0 aromatic heterocycles. The Balaban J connectivity index is 1.50. The average Bonchev–Trinajstić information content (AvgIpc) is 2.83. The first-order valence-corrected chi connectivity index (χ1v) is 11.3. The zero-order chi connectivity index (χ0) is 23.8. The van der Waals surface area contributed by atoms with Crippen molar-refractivity contribution in [2.75, 3.05) is 31.8 Å². The van der Waals surface area contributed by atoms with Crippen LogP contribution in [0.4, 0.5) is 10.1 Å². The number of likely N-dealkylation sites (N-methyl/N-ethyl adjacent to an activating group) is 1. The first-order valence-electron chi connectivity index (χ1n) is 10.1. The molecule has 6 nitrogen and oxygen atoms in total. The molecule has 0 bridgehead atoms. The Morgan fingerprint density at radius 1 is 0.939 bits per heavy atom. The lowest BCUT2D eigenvalue weighted by atomic mass is 10.0. The number of nitrogens with zero attached hydrogens (tertiary/aromatic N) is 1. The topological polar surface area (TPSA) is 75.7 Å². The van der Waals surface area contributed by atoms with Gasteiger partial charge in [0.1, 0.15) is 11.6 Å². The zero-order valence-corrected chi connectivity index (χ0v) is 19.0. The number of halogens is 1. The third kappa shape index (κ3) is 6.66. The molecule has 33 heavy (non-hydrogen) atoms. The number of carbonyl (C=O) groups excluding carboxylic acids is 3. The number of ether oxygens (including phenoxy) is 1. The zero-order valence-electron chi connectivity index (χ0n) is 18.2. The Kier molecular flexibility index (Phi) is 8.21. The summed E-state index contributed by atoms with van der Waals surface area (Å²) in [7, 11) is 1.52. The van der Waals surface area contributed by atoms with Crippen molar-refractivity contribution >= 4 is 35.0 Å². The third-order valence-corrected chi connectivity index (χ3v) is 5.57. The minimum Gasteiger partial charge on any atom is -0.484 e. The van der Waals surface area contributed by atoms with Gasteiger partial charge in [0.2, 0.25) is 5.91 Å². The molecule has 3 aromatic carbocycles. The SMILES string of the molecule is CSc1ccccc1NC(=O)CN(C)C(=O)COc1ccc(C(=O)c2ccc(F)cc2)cc1. The molecule has 1 N–H and O–H groups in total. The van der Waals surface area contributed by atoms with Crippen molar-refractivity contribution in [3.63, 3.8) is 0 Å². The second-order valence-electron chi connectivity index (χ2n) is 7.15. The summed E-state index contributed by atoms with van der Waals surface area (Å²) >= 11 is 1.52. The summed E-state index contributed by atoms with van der Waals surface area (Å²) in [6.45, 7) is -0.369. The van der Waals surface area contributed by atoms with Gasteiger partial charge in [-0.1, -0.05) is 12.1 Å². The van der Waals surface area contributed by atoms with Gasteiger partial charge in [-0.3, -0.25) is 14.4 Å². The minimum absolute atomic E-state index is 0.115. The Morgan fingerprint density at radius 3 is 2.18 bits per heavy atom. The number of nitrogens with one attached hydrogen (secondary N) is 1. The average molecular weight is 467 g/mol. The lowest BCUT2D eigenvalue weighted by molar-refractivity contribution is -0.135. The highest BCUT2D eigenvalue weighted by atomic mass is 32.2. The fourth-order valence-electron chi connectivity index (χ4n) is 2.97. The molecule has 0 fully saturated rings. The van der Waals surface area contributed by atoms with E-state index in [0.717, 1.165) is 4.90 Å². The standard InChI is InChI=1S/C25H23FN2O4S/c1-28(15-23(29)27-21-5-3-4-6-22(21)33-2)24(30)16-32-20-13-9-18(10-14-20)25(31)17-7-11-19(26)12-8-17/h3-14H,15-16H2,1-2H3,(H,27,29). The predicted octanol–water partition coefficient (Wildman–Crippen LogP) is 4.25. The molecule has 0 unspecified atom stereocenters. The Bertz CT molecular complexity index is 1130. The van der Waals surface area contributed by atoms with Crippen molar-refractivity contribution in [2.45, 2.75) is 4.90 Å². The molecule has 170 valence electrons. The van der Waals surface area contributed by atoms with Crippen LogP contribution in [0.15, 0.2) is 77.7 Å². The van der Waals surface area contributed by atoms with E-state index in [0.29, 0.717) is 22.6 Å². The summed E-state index contributed by atoms with van der Waals surface area (Å²) in [5.41, 5.74) is 1.49. The van der Waals surface area contributed by atoms with E-state index < -0.39 is 5.82 Å². The van der Waals surface area contributed by atoms with Gasteiger partial charge in [0.25, 0.3) is 5.91 Å². The first-order chi connectivity index (χ1) is 15.9. The molecule has 0 radical (unpaired) electrons. The van der Waals surface area contributed by atoms with Gasteiger partial charge in [-0.05, 0) is 66.9 Å². The van der Waals surface area contributed by atoms with E-state index in [2.05, 4.69) is 5.32 Å². The molecule has 3 aromatic rings. The molecule has 2 amide bonds. The van der Waals surface area contributed by atoms with Crippen LogP contribution in [0.25, 0.3) is 0 Å². The number of amides is 2. The number of benzene rings is 3. The molecule has 0 atom stereocenters. The van der Waals surface area contributed by atoms with Crippen molar-refractivity contribution in [1.29, 1.82) is 0 Å². The maximum Gasteiger partial charge on any atom is 0.260 e. The minimum atomic E-state index is -0.410. The maximum atomic E-state index is 13.0. The third-order valence-electron chi connectivity index (χ3n) is 4.77. The summed E-state index contributed by atoms with van der Waals surface area (Å²) in [6, 6.07) is 19.0. The summed E-state index contributed by atoms with van der Waals surface area (Å²) in [6.07, 6.45) is 1.92. The lowest BCUT2D eigenvalue weighted by Gasteiger charge is -2.18. The van der Waals surface area contributed by atoms with Crippen molar-refractivity contribution in [2.24, 2.45) is 0 Å². The lowest BCUT2D eigenvalue weighted by Crippen LogP contribution is -2.37. The van der Waals surface area contributed by atoms with Crippen LogP contribution in [-0.4, -0.2) is 49.0 Å². The van der Waals surface area contributed by atoms with Crippen molar-refractivity contribution in [1.82, 2.24) is 4.90 Å². The van der Waals surface area contributed by atoms with E-state index >= 15 is 0 Å². The van der Waals surface area contributed by atoms with E-state index in [1.807, 2.05) is 24.5 Å². The molecule has 8 heteroatoms. The van der Waals surface area contributed by atoms with E-state index in [1.54, 1.807) is 30.3 Å². The number of thioether (sulfide) groups is 1. The van der Waals surface area contributed by atoms with Crippen LogP contribution < -0.4 is 10.1 Å². The van der Waals surface area contributed by atoms with Crippen LogP contribution in [0, 0.1) is 5.82 Å². The van der Waals surface area contributed by atoms with Gasteiger partial charge in [-0.2, -0.15) is 0 Å². The highest BCUT2D eigenvalue weighted by Crippen LogP contribution is 2.24. The summed E-state index contributed by atoms with van der Waals surface area (Å²) < 4.78 is 18.5. The number of carbonyl (C=O) groups is 3. The molecule has 3 rings (SSSR count). The Morgan fingerprint density at radius 2 is 1.55 bits per heavy atom. The summed E-state index contributed by atoms with van der Waals surface area (Å²) in [4.78, 5) is 39.3. The van der Waals surface area contributed by atoms with Crippen LogP contribution in [0.2, 0.25) is 0 Å². The highest BCUT2D eigenvalue weighted by molar-refractivity contribution is 7.98. The Labute approximate surface area is 195 Å². The maximum absolute atomic E-state index is 13.0. The van der Waals surface area contributed by atoms with Crippen LogP contribution in [0.5, 0.6) is 5.75 Å². The normalized spacial score (nSPS) is 10.4. The first kappa shape index (κ1) is 24.0. The number of para-hydroxylation sites is 1. The van der Waals surface area contributed by atoms with Gasteiger partial charge < -0.3 is 15.0 Å². The van der Waals surface area contributed by atoms with Gasteiger partial charge >= 0.3 is 0 Å². The van der Waals surface area contributed by atoms with Crippen LogP contribution in [0.3, 0.4) is 0 Å². The number of hydrogen-bond acceptors (Lipinski definition) is 5. The van der Waals surface area contributed by atoms with Gasteiger partial charge in [0.15, 0.2) is 12.4 Å². The van der Waals surface area contributed by atoms with Crippen LogP contribution in [0.1, 0.15) is 15.9 Å². The van der Waals surface area contributed by atoms with Gasteiger partial charge in [-0.25, -0.2) is 4.39 Å². The van der Waals surface area contributed by atoms with Crippen molar-refractivity contribution in [3.05, 3.63) is 89.7 Å².